The van der Waals surface area contributed by atoms with Gasteiger partial charge in [-0.05, 0) is 6.92 Å². The van der Waals surface area contributed by atoms with Gasteiger partial charge in [0, 0.05) is 48.5 Å². The number of nitrogens with zero attached hydrogens (tertiary/aromatic N) is 2. The van der Waals surface area contributed by atoms with Crippen LogP contribution in [0.15, 0.2) is 79.1 Å². The molecule has 152 valence electrons. The Balaban J connectivity index is 0.000000353. The Hall–Kier alpha value is -2.61. The largest absolute Gasteiger partial charge is 0.759 e. The van der Waals surface area contributed by atoms with Crippen molar-refractivity contribution in [3.8, 4) is 0 Å². The zero-order valence-electron chi connectivity index (χ0n) is 16.9. The van der Waals surface area contributed by atoms with Crippen LogP contribution < -0.4 is 9.13 Å². The van der Waals surface area contributed by atoms with E-state index in [0.717, 1.165) is 0 Å². The molecule has 2 heterocycles. The minimum atomic E-state index is -5.17. The molecule has 0 N–H and O–H groups in total. The zero-order chi connectivity index (χ0) is 21.6. The van der Waals surface area contributed by atoms with Crippen LogP contribution in [0.1, 0.15) is 17.0 Å². The van der Waals surface area contributed by atoms with Gasteiger partial charge < -0.3 is 9.11 Å². The maximum absolute atomic E-state index is 8.52. The third-order valence-electron chi connectivity index (χ3n) is 3.57. The summed E-state index contributed by atoms with van der Waals surface area (Å²) in [5.74, 6) is 0. The lowest BCUT2D eigenvalue weighted by Gasteiger charge is -2.06. The molecule has 0 aliphatic carbocycles. The normalized spacial score (nSPS) is 9.54. The second-order valence-electron chi connectivity index (χ2n) is 5.97. The minimum Gasteiger partial charge on any atom is -0.759 e. The molecular formula is C21H28N2O4S. The standard InChI is InChI=1S/2C7H10N.C7H8.H2O4S/c2*1-7-5-3-4-6-8(7)2;1-7-5-3-2-4-6-7;1-5(2,3)4/h2*3-6H,1-2H3;2-6H,1H3;(H2,1,2,3,4)/q2*+1;;/p-2. The van der Waals surface area contributed by atoms with Gasteiger partial charge in [0.25, 0.3) is 0 Å². The Labute approximate surface area is 168 Å². The van der Waals surface area contributed by atoms with Crippen molar-refractivity contribution in [2.45, 2.75) is 20.8 Å². The van der Waals surface area contributed by atoms with Gasteiger partial charge in [0.15, 0.2) is 23.8 Å². The highest BCUT2D eigenvalue weighted by Gasteiger charge is 1.92. The molecule has 0 fully saturated rings. The van der Waals surface area contributed by atoms with E-state index in [-0.39, 0.29) is 0 Å². The number of rotatable bonds is 0. The molecule has 0 atom stereocenters. The molecular weight excluding hydrogens is 376 g/mol. The van der Waals surface area contributed by atoms with E-state index < -0.39 is 10.4 Å². The summed E-state index contributed by atoms with van der Waals surface area (Å²) in [4.78, 5) is 0. The molecule has 0 saturated carbocycles. The van der Waals surface area contributed by atoms with Crippen LogP contribution in [0.4, 0.5) is 0 Å². The number of aryl methyl sites for hydroxylation is 5. The smallest absolute Gasteiger partial charge is 0.177 e. The molecule has 6 nitrogen and oxygen atoms in total. The molecule has 0 amide bonds. The molecule has 1 aromatic carbocycles. The minimum absolute atomic E-state index is 1.28. The maximum Gasteiger partial charge on any atom is 0.177 e. The van der Waals surface area contributed by atoms with Crippen LogP contribution in [0.5, 0.6) is 0 Å². The van der Waals surface area contributed by atoms with Crippen molar-refractivity contribution in [1.29, 1.82) is 0 Å². The second-order valence-corrected chi connectivity index (χ2v) is 6.79. The SMILES string of the molecule is Cc1cccc[n+]1C.Cc1cccc[n+]1C.Cc1ccccc1.O=S(=O)([O-])[O-]. The fraction of sp³-hybridized carbons (Fsp3) is 0.238. The van der Waals surface area contributed by atoms with E-state index in [1.807, 2.05) is 69.0 Å². The van der Waals surface area contributed by atoms with Crippen LogP contribution in [0.3, 0.4) is 0 Å². The third-order valence-corrected chi connectivity index (χ3v) is 3.57. The van der Waals surface area contributed by atoms with Crippen molar-refractivity contribution >= 4 is 10.4 Å². The average molecular weight is 405 g/mol. The van der Waals surface area contributed by atoms with E-state index in [1.165, 1.54) is 17.0 Å². The van der Waals surface area contributed by atoms with Crippen molar-refractivity contribution in [2.24, 2.45) is 14.1 Å². The number of aromatic nitrogens is 2. The highest BCUT2D eigenvalue weighted by Crippen LogP contribution is 1.92. The summed E-state index contributed by atoms with van der Waals surface area (Å²) >= 11 is 0. The van der Waals surface area contributed by atoms with E-state index in [1.54, 1.807) is 0 Å². The van der Waals surface area contributed by atoms with Crippen molar-refractivity contribution in [2.75, 3.05) is 0 Å². The van der Waals surface area contributed by atoms with E-state index in [0.29, 0.717) is 0 Å². The van der Waals surface area contributed by atoms with Gasteiger partial charge in [0.2, 0.25) is 0 Å². The van der Waals surface area contributed by atoms with Crippen LogP contribution >= 0.6 is 0 Å². The van der Waals surface area contributed by atoms with Crippen molar-refractivity contribution in [1.82, 2.24) is 0 Å². The fourth-order valence-corrected chi connectivity index (χ4v) is 1.75. The molecule has 0 aliphatic heterocycles. The van der Waals surface area contributed by atoms with E-state index in [4.69, 9.17) is 17.5 Å². The lowest BCUT2D eigenvalue weighted by molar-refractivity contribution is -0.677. The quantitative estimate of drug-likeness (QED) is 0.327. The van der Waals surface area contributed by atoms with Crippen LogP contribution in [0.2, 0.25) is 0 Å². The van der Waals surface area contributed by atoms with Gasteiger partial charge >= 0.3 is 0 Å². The van der Waals surface area contributed by atoms with E-state index in [9.17, 15) is 0 Å². The van der Waals surface area contributed by atoms with Gasteiger partial charge in [-0.3, -0.25) is 8.42 Å². The van der Waals surface area contributed by atoms with Crippen LogP contribution in [-0.4, -0.2) is 17.5 Å². The summed E-state index contributed by atoms with van der Waals surface area (Å²) < 4.78 is 38.3. The molecule has 0 spiro atoms. The summed E-state index contributed by atoms with van der Waals surface area (Å²) in [6, 6.07) is 22.5. The zero-order valence-corrected chi connectivity index (χ0v) is 17.8. The Morgan fingerprint density at radius 1 is 0.643 bits per heavy atom. The Kier molecular flexibility index (Phi) is 12.3. The number of hydrogen-bond donors (Lipinski definition) is 0. The van der Waals surface area contributed by atoms with Gasteiger partial charge in [0.1, 0.15) is 14.1 Å². The first-order valence-electron chi connectivity index (χ1n) is 8.51. The van der Waals surface area contributed by atoms with Gasteiger partial charge in [-0.1, -0.05) is 48.0 Å². The molecule has 28 heavy (non-hydrogen) atoms. The first kappa shape index (κ1) is 25.4. The highest BCUT2D eigenvalue weighted by molar-refractivity contribution is 7.79. The first-order valence-corrected chi connectivity index (χ1v) is 9.85. The van der Waals surface area contributed by atoms with Crippen molar-refractivity contribution in [3.05, 3.63) is 96.1 Å². The maximum atomic E-state index is 8.52. The van der Waals surface area contributed by atoms with Crippen LogP contribution in [0.25, 0.3) is 0 Å². The number of hydrogen-bond acceptors (Lipinski definition) is 4. The summed E-state index contributed by atoms with van der Waals surface area (Å²) in [6.45, 7) is 6.25. The molecule has 7 heteroatoms. The van der Waals surface area contributed by atoms with Crippen molar-refractivity contribution < 1.29 is 26.7 Å². The molecule has 0 unspecified atom stereocenters. The predicted molar refractivity (Wildman–Crippen MR) is 106 cm³/mol. The fourth-order valence-electron chi connectivity index (χ4n) is 1.75. The number of pyridine rings is 2. The van der Waals surface area contributed by atoms with Gasteiger partial charge in [-0.25, -0.2) is 9.13 Å². The van der Waals surface area contributed by atoms with Gasteiger partial charge in [-0.15, -0.1) is 0 Å². The highest BCUT2D eigenvalue weighted by atomic mass is 32.3. The van der Waals surface area contributed by atoms with Crippen LogP contribution in [-0.2, 0) is 24.5 Å². The molecule has 3 aromatic rings. The van der Waals surface area contributed by atoms with Crippen LogP contribution in [0, 0.1) is 20.8 Å². The Morgan fingerprint density at radius 3 is 1.14 bits per heavy atom. The number of benzene rings is 1. The first-order chi connectivity index (χ1) is 13.0. The Morgan fingerprint density at radius 2 is 0.964 bits per heavy atom. The second kappa shape index (κ2) is 13.5. The topological polar surface area (TPSA) is 88.0 Å². The molecule has 2 aromatic heterocycles. The third kappa shape index (κ3) is 15.6. The Bertz CT molecular complexity index is 821. The molecule has 0 aliphatic rings. The monoisotopic (exact) mass is 404 g/mol. The summed E-state index contributed by atoms with van der Waals surface area (Å²) in [6.07, 6.45) is 4.07. The summed E-state index contributed by atoms with van der Waals surface area (Å²) in [5.41, 5.74) is 3.89. The average Bonchev–Trinajstić information content (AvgIpc) is 2.61. The molecule has 3 rings (SSSR count). The summed E-state index contributed by atoms with van der Waals surface area (Å²) in [7, 11) is -1.09. The molecule has 0 bridgehead atoms. The summed E-state index contributed by atoms with van der Waals surface area (Å²) in [5, 5.41) is 0. The van der Waals surface area contributed by atoms with Gasteiger partial charge in [0.05, 0.1) is 0 Å². The van der Waals surface area contributed by atoms with E-state index >= 15 is 0 Å². The predicted octanol–water partition coefficient (Wildman–Crippen LogP) is 2.30. The lowest BCUT2D eigenvalue weighted by Crippen LogP contribution is -2.30. The van der Waals surface area contributed by atoms with Gasteiger partial charge in [-0.2, -0.15) is 0 Å². The van der Waals surface area contributed by atoms with Crippen molar-refractivity contribution in [3.63, 3.8) is 0 Å². The lowest BCUT2D eigenvalue weighted by atomic mass is 10.2. The molecule has 0 saturated heterocycles. The van der Waals surface area contributed by atoms with E-state index in [2.05, 4.69) is 54.2 Å². The molecule has 0 radical (unpaired) electrons.